The second-order valence-corrected chi connectivity index (χ2v) is 6.77. The Hall–Kier alpha value is -1.14. The van der Waals surface area contributed by atoms with E-state index in [4.69, 9.17) is 5.73 Å². The molecule has 2 heterocycles. The van der Waals surface area contributed by atoms with Gasteiger partial charge in [0.1, 0.15) is 4.88 Å². The Bertz CT molecular complexity index is 478. The molecular weight excluding hydrogens is 272 g/mol. The minimum Gasteiger partial charge on any atom is -0.375 e. The fourth-order valence-electron chi connectivity index (χ4n) is 2.73. The predicted molar refractivity (Wildman–Crippen MR) is 83.1 cm³/mol. The summed E-state index contributed by atoms with van der Waals surface area (Å²) in [6.45, 7) is 8.40. The monoisotopic (exact) mass is 296 g/mol. The SMILES string of the molecule is Cc1nc(N)sc1C(=O)N(C)C1CCN(C(C)C)CC1. The van der Waals surface area contributed by atoms with Crippen molar-refractivity contribution in [3.05, 3.63) is 10.6 Å². The van der Waals surface area contributed by atoms with Crippen molar-refractivity contribution < 1.29 is 4.79 Å². The molecule has 0 spiro atoms. The fraction of sp³-hybridized carbons (Fsp3) is 0.714. The van der Waals surface area contributed by atoms with E-state index in [0.717, 1.165) is 31.6 Å². The molecule has 0 radical (unpaired) electrons. The van der Waals surface area contributed by atoms with E-state index in [2.05, 4.69) is 23.7 Å². The lowest BCUT2D eigenvalue weighted by molar-refractivity contribution is 0.0619. The molecule has 1 amide bonds. The Labute approximate surface area is 124 Å². The number of likely N-dealkylation sites (tertiary alicyclic amines) is 1. The molecule has 1 aliphatic rings. The van der Waals surface area contributed by atoms with Gasteiger partial charge in [0, 0.05) is 32.2 Å². The van der Waals surface area contributed by atoms with Crippen LogP contribution in [0.4, 0.5) is 5.13 Å². The summed E-state index contributed by atoms with van der Waals surface area (Å²) in [7, 11) is 1.90. The van der Waals surface area contributed by atoms with Crippen molar-refractivity contribution in [2.24, 2.45) is 0 Å². The maximum absolute atomic E-state index is 12.5. The number of nitrogen functional groups attached to an aromatic ring is 1. The van der Waals surface area contributed by atoms with Crippen LogP contribution in [0, 0.1) is 6.92 Å². The molecule has 0 saturated carbocycles. The highest BCUT2D eigenvalue weighted by Crippen LogP contribution is 2.24. The zero-order valence-electron chi connectivity index (χ0n) is 12.7. The second-order valence-electron chi connectivity index (χ2n) is 5.74. The van der Waals surface area contributed by atoms with Crippen molar-refractivity contribution in [2.45, 2.75) is 45.7 Å². The van der Waals surface area contributed by atoms with E-state index >= 15 is 0 Å². The molecule has 0 bridgehead atoms. The van der Waals surface area contributed by atoms with E-state index in [1.165, 1.54) is 11.3 Å². The van der Waals surface area contributed by atoms with E-state index < -0.39 is 0 Å². The van der Waals surface area contributed by atoms with Crippen molar-refractivity contribution >= 4 is 22.4 Å². The molecule has 1 fully saturated rings. The molecule has 0 aliphatic carbocycles. The molecule has 0 aromatic carbocycles. The zero-order valence-corrected chi connectivity index (χ0v) is 13.5. The van der Waals surface area contributed by atoms with Crippen LogP contribution in [-0.2, 0) is 0 Å². The quantitative estimate of drug-likeness (QED) is 0.926. The van der Waals surface area contributed by atoms with Crippen molar-refractivity contribution in [1.29, 1.82) is 0 Å². The summed E-state index contributed by atoms with van der Waals surface area (Å²) < 4.78 is 0. The van der Waals surface area contributed by atoms with Crippen molar-refractivity contribution in [3.63, 3.8) is 0 Å². The number of nitrogens with two attached hydrogens (primary N) is 1. The highest BCUT2D eigenvalue weighted by atomic mass is 32.1. The highest BCUT2D eigenvalue weighted by molar-refractivity contribution is 7.17. The van der Waals surface area contributed by atoms with Crippen LogP contribution in [0.15, 0.2) is 0 Å². The van der Waals surface area contributed by atoms with Gasteiger partial charge >= 0.3 is 0 Å². The molecular formula is C14H24N4OS. The van der Waals surface area contributed by atoms with E-state index in [1.54, 1.807) is 0 Å². The van der Waals surface area contributed by atoms with Crippen molar-refractivity contribution in [3.8, 4) is 0 Å². The van der Waals surface area contributed by atoms with Gasteiger partial charge in [-0.2, -0.15) is 0 Å². The number of piperidine rings is 1. The summed E-state index contributed by atoms with van der Waals surface area (Å²) in [4.78, 5) is 21.7. The zero-order chi connectivity index (χ0) is 14.9. The van der Waals surface area contributed by atoms with Crippen LogP contribution >= 0.6 is 11.3 Å². The molecule has 20 heavy (non-hydrogen) atoms. The third kappa shape index (κ3) is 3.12. The normalized spacial score (nSPS) is 17.6. The van der Waals surface area contributed by atoms with Gasteiger partial charge < -0.3 is 15.5 Å². The largest absolute Gasteiger partial charge is 0.375 e. The molecule has 1 aromatic rings. The number of hydrogen-bond acceptors (Lipinski definition) is 5. The molecule has 2 rings (SSSR count). The first kappa shape index (κ1) is 15.3. The Kier molecular flexibility index (Phi) is 4.65. The summed E-state index contributed by atoms with van der Waals surface area (Å²) in [5.74, 6) is 0.0553. The topological polar surface area (TPSA) is 62.5 Å². The maximum atomic E-state index is 12.5. The third-order valence-corrected chi connectivity index (χ3v) is 5.08. The Morgan fingerprint density at radius 2 is 2.05 bits per heavy atom. The molecule has 1 saturated heterocycles. The number of nitrogens with zero attached hydrogens (tertiary/aromatic N) is 3. The number of amides is 1. The average Bonchev–Trinajstić information content (AvgIpc) is 2.76. The standard InChI is InChI=1S/C14H24N4OS/c1-9(2)18-7-5-11(6-8-18)17(4)13(19)12-10(3)16-14(15)20-12/h9,11H,5-8H2,1-4H3,(H2,15,16). The Morgan fingerprint density at radius 1 is 1.45 bits per heavy atom. The van der Waals surface area contributed by atoms with Gasteiger partial charge in [-0.05, 0) is 33.6 Å². The number of rotatable bonds is 3. The summed E-state index contributed by atoms with van der Waals surface area (Å²) in [6.07, 6.45) is 2.07. The van der Waals surface area contributed by atoms with Gasteiger partial charge in [-0.25, -0.2) is 4.98 Å². The summed E-state index contributed by atoms with van der Waals surface area (Å²) in [5.41, 5.74) is 6.42. The third-order valence-electron chi connectivity index (χ3n) is 4.10. The van der Waals surface area contributed by atoms with E-state index in [0.29, 0.717) is 22.1 Å². The Balaban J connectivity index is 2.00. The van der Waals surface area contributed by atoms with Gasteiger partial charge in [0.2, 0.25) is 0 Å². The first-order chi connectivity index (χ1) is 9.40. The Morgan fingerprint density at radius 3 is 2.50 bits per heavy atom. The molecule has 5 nitrogen and oxygen atoms in total. The molecule has 2 N–H and O–H groups in total. The number of hydrogen-bond donors (Lipinski definition) is 1. The van der Waals surface area contributed by atoms with Crippen LogP contribution < -0.4 is 5.73 Å². The van der Waals surface area contributed by atoms with Crippen LogP contribution in [0.2, 0.25) is 0 Å². The summed E-state index contributed by atoms with van der Waals surface area (Å²) in [5, 5.41) is 0.467. The number of aromatic nitrogens is 1. The lowest BCUT2D eigenvalue weighted by Gasteiger charge is -2.38. The lowest BCUT2D eigenvalue weighted by atomic mass is 10.0. The number of anilines is 1. The lowest BCUT2D eigenvalue weighted by Crippen LogP contribution is -2.47. The molecule has 1 aliphatic heterocycles. The van der Waals surface area contributed by atoms with Crippen LogP contribution in [0.1, 0.15) is 42.1 Å². The van der Waals surface area contributed by atoms with Crippen LogP contribution in [0.5, 0.6) is 0 Å². The van der Waals surface area contributed by atoms with Crippen molar-refractivity contribution in [1.82, 2.24) is 14.8 Å². The molecule has 6 heteroatoms. The smallest absolute Gasteiger partial charge is 0.265 e. The van der Waals surface area contributed by atoms with Gasteiger partial charge in [0.05, 0.1) is 5.69 Å². The average molecular weight is 296 g/mol. The van der Waals surface area contributed by atoms with Crippen LogP contribution in [-0.4, -0.2) is 52.9 Å². The molecule has 112 valence electrons. The van der Waals surface area contributed by atoms with Gasteiger partial charge in [-0.15, -0.1) is 0 Å². The molecule has 0 atom stereocenters. The summed E-state index contributed by atoms with van der Waals surface area (Å²) >= 11 is 1.29. The van der Waals surface area contributed by atoms with E-state index in [9.17, 15) is 4.79 Å². The molecule has 1 aromatic heterocycles. The van der Waals surface area contributed by atoms with Crippen molar-refractivity contribution in [2.75, 3.05) is 25.9 Å². The first-order valence-electron chi connectivity index (χ1n) is 7.14. The van der Waals surface area contributed by atoms with Gasteiger partial charge in [0.15, 0.2) is 5.13 Å². The highest BCUT2D eigenvalue weighted by Gasteiger charge is 2.28. The van der Waals surface area contributed by atoms with E-state index in [-0.39, 0.29) is 5.91 Å². The summed E-state index contributed by atoms with van der Waals surface area (Å²) in [6, 6.07) is 0.903. The van der Waals surface area contributed by atoms with Gasteiger partial charge in [0.25, 0.3) is 5.91 Å². The number of aryl methyl sites for hydroxylation is 1. The van der Waals surface area contributed by atoms with Gasteiger partial charge in [-0.3, -0.25) is 4.79 Å². The minimum atomic E-state index is 0.0553. The minimum absolute atomic E-state index is 0.0553. The van der Waals surface area contributed by atoms with Crippen LogP contribution in [0.25, 0.3) is 0 Å². The first-order valence-corrected chi connectivity index (χ1v) is 7.96. The van der Waals surface area contributed by atoms with Crippen LogP contribution in [0.3, 0.4) is 0 Å². The number of carbonyl (C=O) groups excluding carboxylic acids is 1. The predicted octanol–water partition coefficient (Wildman–Crippen LogP) is 1.98. The van der Waals surface area contributed by atoms with Gasteiger partial charge in [-0.1, -0.05) is 11.3 Å². The number of carbonyl (C=O) groups is 1. The second kappa shape index (κ2) is 6.10. The maximum Gasteiger partial charge on any atom is 0.265 e. The number of thiazole rings is 1. The fourth-order valence-corrected chi connectivity index (χ4v) is 3.55. The van der Waals surface area contributed by atoms with E-state index in [1.807, 2.05) is 18.9 Å². The molecule has 0 unspecified atom stereocenters.